The maximum Gasteiger partial charge on any atom is 0.321 e. The van der Waals surface area contributed by atoms with E-state index in [1.165, 1.54) is 0 Å². The maximum atomic E-state index is 12.2. The molecule has 6 heteroatoms. The Morgan fingerprint density at radius 2 is 2.05 bits per heavy atom. The second kappa shape index (κ2) is 6.13. The van der Waals surface area contributed by atoms with E-state index in [9.17, 15) is 4.79 Å². The fraction of sp³-hybridized carbons (Fsp3) is 0.800. The number of esters is 1. The van der Waals surface area contributed by atoms with Crippen molar-refractivity contribution in [3.8, 4) is 0 Å². The van der Waals surface area contributed by atoms with Crippen LogP contribution >= 0.6 is 0 Å². The first kappa shape index (κ1) is 15.9. The third-order valence-corrected chi connectivity index (χ3v) is 4.32. The van der Waals surface area contributed by atoms with Crippen molar-refractivity contribution >= 4 is 5.97 Å². The standard InChI is InChI=1S/C15H24N2O4/c1-5-14(4,20-7-3)11-16-12(21-17-11)15(9-8-10-15)13(18)19-6-2/h5-10H2,1-4H3. The van der Waals surface area contributed by atoms with Crippen LogP contribution in [0.3, 0.4) is 0 Å². The SMILES string of the molecule is CCOC(=O)C1(c2nc(C(C)(CC)OCC)no2)CCC1. The molecule has 1 unspecified atom stereocenters. The van der Waals surface area contributed by atoms with Gasteiger partial charge < -0.3 is 14.0 Å². The van der Waals surface area contributed by atoms with Crippen LogP contribution in [0.2, 0.25) is 0 Å². The van der Waals surface area contributed by atoms with E-state index in [0.29, 0.717) is 37.8 Å². The van der Waals surface area contributed by atoms with Crippen molar-refractivity contribution in [2.24, 2.45) is 0 Å². The Bertz CT molecular complexity index is 496. The van der Waals surface area contributed by atoms with Crippen LogP contribution in [-0.4, -0.2) is 29.3 Å². The molecule has 1 atom stereocenters. The second-order valence-electron chi connectivity index (χ2n) is 5.60. The summed E-state index contributed by atoms with van der Waals surface area (Å²) in [6.45, 7) is 8.59. The van der Waals surface area contributed by atoms with Crippen LogP contribution in [-0.2, 0) is 25.3 Å². The molecule has 118 valence electrons. The van der Waals surface area contributed by atoms with Crippen molar-refractivity contribution in [1.29, 1.82) is 0 Å². The minimum absolute atomic E-state index is 0.263. The lowest BCUT2D eigenvalue weighted by Crippen LogP contribution is -2.44. The van der Waals surface area contributed by atoms with E-state index in [4.69, 9.17) is 14.0 Å². The molecule has 0 radical (unpaired) electrons. The highest BCUT2D eigenvalue weighted by atomic mass is 16.5. The molecule has 1 heterocycles. The fourth-order valence-corrected chi connectivity index (χ4v) is 2.58. The number of hydrogen-bond donors (Lipinski definition) is 0. The molecule has 1 aliphatic rings. The molecule has 6 nitrogen and oxygen atoms in total. The minimum atomic E-state index is -0.748. The summed E-state index contributed by atoms with van der Waals surface area (Å²) in [6.07, 6.45) is 3.09. The van der Waals surface area contributed by atoms with Gasteiger partial charge in [0.25, 0.3) is 0 Å². The van der Waals surface area contributed by atoms with Gasteiger partial charge in [-0.2, -0.15) is 4.98 Å². The third kappa shape index (κ3) is 2.69. The summed E-state index contributed by atoms with van der Waals surface area (Å²) in [5.74, 6) is 0.597. The van der Waals surface area contributed by atoms with E-state index in [-0.39, 0.29) is 5.97 Å². The lowest BCUT2D eigenvalue weighted by Gasteiger charge is -2.35. The number of rotatable bonds is 7. The highest BCUT2D eigenvalue weighted by Gasteiger charge is 2.52. The molecule has 1 fully saturated rings. The third-order valence-electron chi connectivity index (χ3n) is 4.32. The predicted octanol–water partition coefficient (Wildman–Crippen LogP) is 2.72. The zero-order chi connectivity index (χ0) is 15.5. The van der Waals surface area contributed by atoms with Gasteiger partial charge in [0.1, 0.15) is 11.0 Å². The van der Waals surface area contributed by atoms with Crippen molar-refractivity contribution < 1.29 is 18.8 Å². The zero-order valence-corrected chi connectivity index (χ0v) is 13.3. The van der Waals surface area contributed by atoms with Crippen molar-refractivity contribution in [2.75, 3.05) is 13.2 Å². The molecular formula is C15H24N2O4. The molecule has 0 aliphatic heterocycles. The van der Waals surface area contributed by atoms with Crippen molar-refractivity contribution in [3.63, 3.8) is 0 Å². The largest absolute Gasteiger partial charge is 0.465 e. The van der Waals surface area contributed by atoms with Gasteiger partial charge in [-0.15, -0.1) is 0 Å². The van der Waals surface area contributed by atoms with Gasteiger partial charge in [0.2, 0.25) is 11.7 Å². The summed E-state index contributed by atoms with van der Waals surface area (Å²) in [4.78, 5) is 16.7. The Labute approximate surface area is 125 Å². The lowest BCUT2D eigenvalue weighted by molar-refractivity contribution is -0.155. The van der Waals surface area contributed by atoms with Crippen LogP contribution < -0.4 is 0 Å². The molecule has 0 N–H and O–H groups in total. The minimum Gasteiger partial charge on any atom is -0.465 e. The summed E-state index contributed by atoms with van der Waals surface area (Å²) in [7, 11) is 0. The number of nitrogens with zero attached hydrogens (tertiary/aromatic N) is 2. The van der Waals surface area contributed by atoms with Gasteiger partial charge in [-0.1, -0.05) is 18.5 Å². The smallest absolute Gasteiger partial charge is 0.321 e. The zero-order valence-electron chi connectivity index (χ0n) is 13.3. The Morgan fingerprint density at radius 3 is 2.52 bits per heavy atom. The molecule has 0 amide bonds. The monoisotopic (exact) mass is 296 g/mol. The van der Waals surface area contributed by atoms with Gasteiger partial charge in [-0.25, -0.2) is 0 Å². The van der Waals surface area contributed by atoms with E-state index >= 15 is 0 Å². The van der Waals surface area contributed by atoms with Crippen LogP contribution in [0.15, 0.2) is 4.52 Å². The van der Waals surface area contributed by atoms with Crippen LogP contribution in [0, 0.1) is 0 Å². The first-order valence-electron chi connectivity index (χ1n) is 7.68. The van der Waals surface area contributed by atoms with Gasteiger partial charge >= 0.3 is 5.97 Å². The lowest BCUT2D eigenvalue weighted by atomic mass is 9.68. The fourth-order valence-electron chi connectivity index (χ4n) is 2.58. The molecule has 0 bridgehead atoms. The number of ether oxygens (including phenoxy) is 2. The summed E-state index contributed by atoms with van der Waals surface area (Å²) >= 11 is 0. The highest BCUT2D eigenvalue weighted by molar-refractivity contribution is 5.83. The molecule has 21 heavy (non-hydrogen) atoms. The molecule has 1 aromatic rings. The van der Waals surface area contributed by atoms with Gasteiger partial charge in [0, 0.05) is 6.61 Å². The first-order chi connectivity index (χ1) is 10.0. The number of aromatic nitrogens is 2. The van der Waals surface area contributed by atoms with Crippen molar-refractivity contribution in [2.45, 2.75) is 64.4 Å². The van der Waals surface area contributed by atoms with Crippen LogP contribution in [0.25, 0.3) is 0 Å². The topological polar surface area (TPSA) is 74.5 Å². The van der Waals surface area contributed by atoms with E-state index < -0.39 is 11.0 Å². The highest BCUT2D eigenvalue weighted by Crippen LogP contribution is 2.44. The molecule has 0 spiro atoms. The summed E-state index contributed by atoms with van der Waals surface area (Å²) in [5, 5.41) is 4.05. The number of carbonyl (C=O) groups is 1. The van der Waals surface area contributed by atoms with Gasteiger partial charge in [0.15, 0.2) is 0 Å². The van der Waals surface area contributed by atoms with Crippen LogP contribution in [0.5, 0.6) is 0 Å². The Morgan fingerprint density at radius 1 is 1.33 bits per heavy atom. The summed E-state index contributed by atoms with van der Waals surface area (Å²) < 4.78 is 16.3. The number of carbonyl (C=O) groups excluding carboxylic acids is 1. The molecule has 0 saturated heterocycles. The average Bonchev–Trinajstić information content (AvgIpc) is 2.88. The normalized spacial score (nSPS) is 19.6. The molecule has 0 aromatic carbocycles. The van der Waals surface area contributed by atoms with E-state index in [1.807, 2.05) is 20.8 Å². The van der Waals surface area contributed by atoms with E-state index in [2.05, 4.69) is 10.1 Å². The summed E-state index contributed by atoms with van der Waals surface area (Å²) in [6, 6.07) is 0. The maximum absolute atomic E-state index is 12.2. The molecule has 1 aliphatic carbocycles. The van der Waals surface area contributed by atoms with Crippen molar-refractivity contribution in [1.82, 2.24) is 10.1 Å². The molecular weight excluding hydrogens is 272 g/mol. The van der Waals surface area contributed by atoms with E-state index in [1.54, 1.807) is 6.92 Å². The van der Waals surface area contributed by atoms with E-state index in [0.717, 1.165) is 12.8 Å². The van der Waals surface area contributed by atoms with Gasteiger partial charge in [0.05, 0.1) is 6.61 Å². The Hall–Kier alpha value is -1.43. The Balaban J connectivity index is 2.28. The first-order valence-corrected chi connectivity index (χ1v) is 7.68. The molecule has 2 rings (SSSR count). The van der Waals surface area contributed by atoms with Gasteiger partial charge in [-0.05, 0) is 40.0 Å². The molecule has 1 saturated carbocycles. The molecule has 1 aromatic heterocycles. The average molecular weight is 296 g/mol. The van der Waals surface area contributed by atoms with Gasteiger partial charge in [-0.3, -0.25) is 4.79 Å². The predicted molar refractivity (Wildman–Crippen MR) is 75.7 cm³/mol. The van der Waals surface area contributed by atoms with Crippen LogP contribution in [0.4, 0.5) is 0 Å². The Kier molecular flexibility index (Phi) is 4.66. The number of hydrogen-bond acceptors (Lipinski definition) is 6. The second-order valence-corrected chi connectivity index (χ2v) is 5.60. The quantitative estimate of drug-likeness (QED) is 0.720. The van der Waals surface area contributed by atoms with Crippen molar-refractivity contribution in [3.05, 3.63) is 11.7 Å². The summed E-state index contributed by atoms with van der Waals surface area (Å²) in [5.41, 5.74) is -1.34. The van der Waals surface area contributed by atoms with Crippen LogP contribution in [0.1, 0.15) is 65.1 Å².